The van der Waals surface area contributed by atoms with E-state index in [-0.39, 0.29) is 23.4 Å². The number of allylic oxidation sites excluding steroid dienone is 4. The summed E-state index contributed by atoms with van der Waals surface area (Å²) in [6.07, 6.45) is 11.3. The van der Waals surface area contributed by atoms with Gasteiger partial charge in [-0.2, -0.15) is 0 Å². The Balaban J connectivity index is 1.74. The first-order valence-electron chi connectivity index (χ1n) is 10.5. The molecule has 0 heterocycles. The number of hydrogen-bond acceptors (Lipinski definition) is 4. The largest absolute Gasteiger partial charge is 0.501 e. The molecule has 3 N–H and O–H groups in total. The highest BCUT2D eigenvalue weighted by Gasteiger charge is 2.64. The topological polar surface area (TPSA) is 78.8 Å². The van der Waals surface area contributed by atoms with Gasteiger partial charge in [-0.25, -0.2) is 0 Å². The first kappa shape index (κ1) is 19.7. The molecule has 1 amide bonds. The molecule has 28 heavy (non-hydrogen) atoms. The van der Waals surface area contributed by atoms with Gasteiger partial charge in [0, 0.05) is 17.5 Å². The van der Waals surface area contributed by atoms with Crippen molar-refractivity contribution in [1.82, 2.24) is 5.32 Å². The number of hydrogen-bond donors (Lipinski definition) is 3. The fourth-order valence-electron chi connectivity index (χ4n) is 7.00. The minimum atomic E-state index is -0.718. The Hall–Kier alpha value is -1.59. The minimum Gasteiger partial charge on any atom is -0.501 e. The molecule has 0 saturated heterocycles. The predicted octanol–water partition coefficient (Wildman–Crippen LogP) is 3.20. The first-order valence-corrected chi connectivity index (χ1v) is 10.5. The van der Waals surface area contributed by atoms with Gasteiger partial charge in [-0.05, 0) is 73.0 Å². The number of ether oxygens (including phenoxy) is 1. The highest BCUT2D eigenvalue weighted by atomic mass is 16.5. The number of carbonyl (C=O) groups excluding carboxylic acids is 1. The van der Waals surface area contributed by atoms with Crippen LogP contribution in [-0.4, -0.2) is 35.9 Å². The van der Waals surface area contributed by atoms with Crippen LogP contribution in [0.1, 0.15) is 58.8 Å². The van der Waals surface area contributed by atoms with Crippen molar-refractivity contribution in [2.75, 3.05) is 13.7 Å². The summed E-state index contributed by atoms with van der Waals surface area (Å²) in [5.41, 5.74) is 2.03. The molecule has 4 aliphatic rings. The number of nitrogens with one attached hydrogen (secondary N) is 1. The summed E-state index contributed by atoms with van der Waals surface area (Å²) < 4.78 is 5.49. The van der Waals surface area contributed by atoms with Crippen LogP contribution in [0.4, 0.5) is 0 Å². The molecule has 0 radical (unpaired) electrons. The first-order chi connectivity index (χ1) is 13.3. The van der Waals surface area contributed by atoms with Crippen molar-refractivity contribution in [2.24, 2.45) is 22.7 Å². The Kier molecular flexibility index (Phi) is 4.74. The van der Waals surface area contributed by atoms with Crippen LogP contribution in [0.3, 0.4) is 0 Å². The maximum atomic E-state index is 12.1. The molecule has 0 aromatic carbocycles. The molecule has 0 unspecified atom stereocenters. The lowest BCUT2D eigenvalue weighted by molar-refractivity contribution is -0.172. The Morgan fingerprint density at radius 2 is 2.07 bits per heavy atom. The summed E-state index contributed by atoms with van der Waals surface area (Å²) >= 11 is 0. The fourth-order valence-corrected chi connectivity index (χ4v) is 7.00. The lowest BCUT2D eigenvalue weighted by atomic mass is 9.46. The third-order valence-electron chi connectivity index (χ3n) is 8.73. The molecule has 0 bridgehead atoms. The van der Waals surface area contributed by atoms with Gasteiger partial charge in [0.2, 0.25) is 6.41 Å². The molecule has 2 fully saturated rings. The van der Waals surface area contributed by atoms with Gasteiger partial charge < -0.3 is 20.3 Å². The normalized spacial score (nSPS) is 43.8. The Bertz CT molecular complexity index is 769. The monoisotopic (exact) mass is 387 g/mol. The number of fused-ring (bicyclic) bond motifs is 5. The average Bonchev–Trinajstić information content (AvgIpc) is 3.03. The lowest BCUT2D eigenvalue weighted by Crippen LogP contribution is -2.61. The molecule has 0 aromatic rings. The van der Waals surface area contributed by atoms with E-state index in [4.69, 9.17) is 4.74 Å². The van der Waals surface area contributed by atoms with Crippen molar-refractivity contribution < 1.29 is 19.7 Å². The maximum absolute atomic E-state index is 12.1. The zero-order valence-electron chi connectivity index (χ0n) is 17.3. The number of aliphatic hydroxyl groups is 2. The van der Waals surface area contributed by atoms with E-state index in [2.05, 4.69) is 31.3 Å². The molecular formula is C23H33NO4. The third-order valence-corrected chi connectivity index (χ3v) is 8.73. The van der Waals surface area contributed by atoms with Gasteiger partial charge in [0.1, 0.15) is 0 Å². The van der Waals surface area contributed by atoms with Crippen molar-refractivity contribution in [2.45, 2.75) is 64.4 Å². The van der Waals surface area contributed by atoms with E-state index in [9.17, 15) is 15.0 Å². The van der Waals surface area contributed by atoms with Crippen LogP contribution >= 0.6 is 0 Å². The summed E-state index contributed by atoms with van der Waals surface area (Å²) in [5.74, 6) is 1.56. The molecular weight excluding hydrogens is 354 g/mol. The van der Waals surface area contributed by atoms with Gasteiger partial charge in [0.25, 0.3) is 0 Å². The summed E-state index contributed by atoms with van der Waals surface area (Å²) in [7, 11) is 1.72. The Morgan fingerprint density at radius 3 is 2.75 bits per heavy atom. The molecule has 154 valence electrons. The SMILES string of the molecule is COC1=CC2=CC[C@H]3[C@@H]4CCC(=C(CO)NC=O)[C@@]4(C)CC[C@]3(O)[C@@]2(C)CC1. The lowest BCUT2D eigenvalue weighted by Gasteiger charge is -2.61. The number of methoxy groups -OCH3 is 1. The van der Waals surface area contributed by atoms with Crippen LogP contribution in [0.2, 0.25) is 0 Å². The smallest absolute Gasteiger partial charge is 0.211 e. The van der Waals surface area contributed by atoms with Crippen LogP contribution in [0.25, 0.3) is 0 Å². The summed E-state index contributed by atoms with van der Waals surface area (Å²) in [6, 6.07) is 0. The number of rotatable bonds is 4. The molecule has 4 aliphatic carbocycles. The van der Waals surface area contributed by atoms with Crippen LogP contribution < -0.4 is 5.32 Å². The second-order valence-electron chi connectivity index (χ2n) is 9.51. The average molecular weight is 388 g/mol. The number of carbonyl (C=O) groups is 1. The van der Waals surface area contributed by atoms with Crippen LogP contribution in [0, 0.1) is 22.7 Å². The van der Waals surface area contributed by atoms with Crippen LogP contribution in [-0.2, 0) is 9.53 Å². The zero-order chi connectivity index (χ0) is 20.2. The van der Waals surface area contributed by atoms with Crippen molar-refractivity contribution in [3.63, 3.8) is 0 Å². The summed E-state index contributed by atoms with van der Waals surface area (Å²) in [5, 5.41) is 24.6. The number of amides is 1. The van der Waals surface area contributed by atoms with Gasteiger partial charge in [-0.3, -0.25) is 4.79 Å². The molecule has 5 nitrogen and oxygen atoms in total. The van der Waals surface area contributed by atoms with E-state index in [1.54, 1.807) is 7.11 Å². The van der Waals surface area contributed by atoms with E-state index in [1.165, 1.54) is 11.1 Å². The Labute approximate surface area is 167 Å². The van der Waals surface area contributed by atoms with Gasteiger partial charge in [-0.1, -0.05) is 19.9 Å². The van der Waals surface area contributed by atoms with E-state index in [0.717, 1.165) is 50.7 Å². The fraction of sp³-hybridized carbons (Fsp3) is 0.696. The van der Waals surface area contributed by atoms with Gasteiger partial charge in [0.15, 0.2) is 0 Å². The Morgan fingerprint density at radius 1 is 1.29 bits per heavy atom. The van der Waals surface area contributed by atoms with Crippen molar-refractivity contribution in [1.29, 1.82) is 0 Å². The second kappa shape index (κ2) is 6.74. The van der Waals surface area contributed by atoms with Crippen molar-refractivity contribution >= 4 is 6.41 Å². The van der Waals surface area contributed by atoms with E-state index < -0.39 is 5.60 Å². The minimum absolute atomic E-state index is 0.0745. The van der Waals surface area contributed by atoms with Gasteiger partial charge in [0.05, 0.1) is 25.1 Å². The van der Waals surface area contributed by atoms with Crippen molar-refractivity contribution in [3.8, 4) is 0 Å². The standard InChI is InChI=1S/C23H33NO4/c1-21-10-11-23(27)18(17(21)6-7-19(21)20(13-25)24-14-26)5-4-15-12-16(28-3)8-9-22(15,23)2/h4,12,14,17-18,25,27H,5-11,13H2,1-3H3,(H,24,26)/t17-,18-,21-,22-,23+/m0/s1. The quantitative estimate of drug-likeness (QED) is 0.647. The highest BCUT2D eigenvalue weighted by molar-refractivity contribution is 5.52. The predicted molar refractivity (Wildman–Crippen MR) is 107 cm³/mol. The molecule has 5 heteroatoms. The molecule has 0 spiro atoms. The van der Waals surface area contributed by atoms with Gasteiger partial charge in [-0.15, -0.1) is 0 Å². The van der Waals surface area contributed by atoms with E-state index in [1.807, 2.05) is 0 Å². The van der Waals surface area contributed by atoms with E-state index in [0.29, 0.717) is 18.0 Å². The second-order valence-corrected chi connectivity index (χ2v) is 9.51. The molecule has 0 aliphatic heterocycles. The maximum Gasteiger partial charge on any atom is 0.211 e. The van der Waals surface area contributed by atoms with Gasteiger partial charge >= 0.3 is 0 Å². The third kappa shape index (κ3) is 2.48. The zero-order valence-corrected chi connectivity index (χ0v) is 17.3. The molecule has 5 atom stereocenters. The molecule has 2 saturated carbocycles. The molecule has 4 rings (SSSR count). The van der Waals surface area contributed by atoms with Crippen LogP contribution in [0.5, 0.6) is 0 Å². The summed E-state index contributed by atoms with van der Waals surface area (Å²) in [4.78, 5) is 11.0. The number of aliphatic hydroxyl groups excluding tert-OH is 1. The molecule has 0 aromatic heterocycles. The van der Waals surface area contributed by atoms with E-state index >= 15 is 0 Å². The van der Waals surface area contributed by atoms with Crippen molar-refractivity contribution in [3.05, 3.63) is 34.8 Å². The summed E-state index contributed by atoms with van der Waals surface area (Å²) in [6.45, 7) is 4.36. The van der Waals surface area contributed by atoms with Crippen LogP contribution in [0.15, 0.2) is 34.8 Å². The highest BCUT2D eigenvalue weighted by Crippen LogP contribution is 2.67.